The van der Waals surface area contributed by atoms with Crippen molar-refractivity contribution in [2.45, 2.75) is 0 Å². The van der Waals surface area contributed by atoms with Gasteiger partial charge in [0.2, 0.25) is 0 Å². The average molecular weight is 116 g/mol. The molecule has 0 aliphatic carbocycles. The number of methoxy groups -OCH3 is 1. The van der Waals surface area contributed by atoms with Gasteiger partial charge in [0.25, 0.3) is 0 Å². The molecule has 0 unspecified atom stereocenters. The fourth-order valence-corrected chi connectivity index (χ4v) is 0.271. The molecule has 0 aromatic carbocycles. The number of hydrazone groups is 1. The highest BCUT2D eigenvalue weighted by Gasteiger charge is 1.73. The van der Waals surface area contributed by atoms with E-state index in [4.69, 9.17) is 4.74 Å². The van der Waals surface area contributed by atoms with Gasteiger partial charge in [-0.25, -0.2) is 0 Å². The zero-order valence-corrected chi connectivity index (χ0v) is 5.59. The Balaban J connectivity index is 3.07. The topological polar surface area (TPSA) is 24.8 Å². The van der Waals surface area contributed by atoms with E-state index in [2.05, 4.69) is 5.10 Å². The van der Waals surface area contributed by atoms with Gasteiger partial charge in [0.15, 0.2) is 0 Å². The molecule has 0 fully saturated rings. The Morgan fingerprint density at radius 2 is 2.25 bits per heavy atom. The summed E-state index contributed by atoms with van der Waals surface area (Å²) in [5.74, 6) is 0. The maximum absolute atomic E-state index is 4.72. The summed E-state index contributed by atoms with van der Waals surface area (Å²) in [5.41, 5.74) is 0. The van der Waals surface area contributed by atoms with Crippen LogP contribution in [-0.2, 0) is 4.74 Å². The summed E-state index contributed by atoms with van der Waals surface area (Å²) in [6.07, 6.45) is 1.71. The lowest BCUT2D eigenvalue weighted by molar-refractivity contribution is 0.246. The van der Waals surface area contributed by atoms with E-state index < -0.39 is 0 Å². The monoisotopic (exact) mass is 116 g/mol. The molecular formula is C5H12N2O. The molecule has 0 spiro atoms. The van der Waals surface area contributed by atoms with E-state index in [1.54, 1.807) is 18.3 Å². The van der Waals surface area contributed by atoms with Crippen LogP contribution in [0.2, 0.25) is 0 Å². The van der Waals surface area contributed by atoms with Crippen LogP contribution in [0, 0.1) is 0 Å². The Morgan fingerprint density at radius 3 is 2.62 bits per heavy atom. The predicted molar refractivity (Wildman–Crippen MR) is 34.1 cm³/mol. The third kappa shape index (κ3) is 5.43. The van der Waals surface area contributed by atoms with E-state index in [9.17, 15) is 0 Å². The molecule has 0 aliphatic heterocycles. The summed E-state index contributed by atoms with van der Waals surface area (Å²) >= 11 is 0. The molecule has 0 aromatic heterocycles. The minimum atomic E-state index is 0.582. The van der Waals surface area contributed by atoms with Crippen molar-refractivity contribution in [3.8, 4) is 0 Å². The minimum Gasteiger partial charge on any atom is -0.379 e. The summed E-state index contributed by atoms with van der Waals surface area (Å²) < 4.78 is 4.72. The van der Waals surface area contributed by atoms with Crippen molar-refractivity contribution in [3.05, 3.63) is 0 Å². The number of nitrogens with zero attached hydrogens (tertiary/aromatic N) is 2. The zero-order valence-electron chi connectivity index (χ0n) is 5.59. The van der Waals surface area contributed by atoms with E-state index >= 15 is 0 Å². The van der Waals surface area contributed by atoms with Crippen LogP contribution in [0.15, 0.2) is 5.10 Å². The fourth-order valence-electron chi connectivity index (χ4n) is 0.271. The summed E-state index contributed by atoms with van der Waals surface area (Å²) in [6, 6.07) is 0. The second-order valence-corrected chi connectivity index (χ2v) is 1.60. The van der Waals surface area contributed by atoms with E-state index in [-0.39, 0.29) is 0 Å². The third-order valence-corrected chi connectivity index (χ3v) is 0.554. The SMILES string of the molecule is COCC=NN(C)C. The van der Waals surface area contributed by atoms with Gasteiger partial charge in [0.05, 0.1) is 12.8 Å². The van der Waals surface area contributed by atoms with Crippen LogP contribution < -0.4 is 0 Å². The number of rotatable bonds is 3. The van der Waals surface area contributed by atoms with Gasteiger partial charge < -0.3 is 9.75 Å². The standard InChI is InChI=1S/C5H12N2O/c1-7(2)6-4-5-8-3/h4H,5H2,1-3H3. The van der Waals surface area contributed by atoms with Crippen molar-refractivity contribution < 1.29 is 4.74 Å². The van der Waals surface area contributed by atoms with Crippen molar-refractivity contribution in [1.29, 1.82) is 0 Å². The first-order valence-corrected chi connectivity index (χ1v) is 2.46. The van der Waals surface area contributed by atoms with Gasteiger partial charge in [-0.1, -0.05) is 0 Å². The van der Waals surface area contributed by atoms with Crippen LogP contribution in [0.3, 0.4) is 0 Å². The first-order chi connectivity index (χ1) is 3.77. The Morgan fingerprint density at radius 1 is 1.62 bits per heavy atom. The van der Waals surface area contributed by atoms with Crippen LogP contribution in [-0.4, -0.2) is 39.0 Å². The van der Waals surface area contributed by atoms with Crippen LogP contribution in [0.5, 0.6) is 0 Å². The maximum Gasteiger partial charge on any atom is 0.0832 e. The van der Waals surface area contributed by atoms with Crippen LogP contribution in [0.4, 0.5) is 0 Å². The molecule has 48 valence electrons. The summed E-state index contributed by atoms with van der Waals surface area (Å²) in [6.45, 7) is 0.582. The fraction of sp³-hybridized carbons (Fsp3) is 0.800. The van der Waals surface area contributed by atoms with Crippen LogP contribution >= 0.6 is 0 Å². The van der Waals surface area contributed by atoms with Gasteiger partial charge in [-0.2, -0.15) is 5.10 Å². The van der Waals surface area contributed by atoms with Gasteiger partial charge in [-0.05, 0) is 0 Å². The Hall–Kier alpha value is -0.570. The molecule has 0 saturated carbocycles. The van der Waals surface area contributed by atoms with E-state index in [0.717, 1.165) is 0 Å². The second kappa shape index (κ2) is 4.59. The lowest BCUT2D eigenvalue weighted by Crippen LogP contribution is -2.03. The van der Waals surface area contributed by atoms with E-state index in [0.29, 0.717) is 6.61 Å². The molecule has 0 rings (SSSR count). The molecule has 3 nitrogen and oxygen atoms in total. The largest absolute Gasteiger partial charge is 0.379 e. The average Bonchev–Trinajstić information content (AvgIpc) is 1.66. The van der Waals surface area contributed by atoms with Crippen LogP contribution in [0.25, 0.3) is 0 Å². The quantitative estimate of drug-likeness (QED) is 0.388. The lowest BCUT2D eigenvalue weighted by atomic mass is 10.8. The summed E-state index contributed by atoms with van der Waals surface area (Å²) in [4.78, 5) is 0. The number of hydrogen-bond donors (Lipinski definition) is 0. The van der Waals surface area contributed by atoms with E-state index in [1.165, 1.54) is 0 Å². The molecule has 0 aromatic rings. The maximum atomic E-state index is 4.72. The van der Waals surface area contributed by atoms with Crippen molar-refractivity contribution in [1.82, 2.24) is 5.01 Å². The Kier molecular flexibility index (Phi) is 4.26. The first kappa shape index (κ1) is 7.43. The predicted octanol–water partition coefficient (Wildman–Crippen LogP) is 0.180. The van der Waals surface area contributed by atoms with E-state index in [1.807, 2.05) is 14.1 Å². The molecule has 0 amide bonds. The van der Waals surface area contributed by atoms with Crippen molar-refractivity contribution in [2.24, 2.45) is 5.10 Å². The highest BCUT2D eigenvalue weighted by atomic mass is 16.5. The van der Waals surface area contributed by atoms with Gasteiger partial charge in [0, 0.05) is 21.2 Å². The van der Waals surface area contributed by atoms with Crippen molar-refractivity contribution >= 4 is 6.21 Å². The Labute approximate surface area is 49.9 Å². The number of ether oxygens (including phenoxy) is 1. The van der Waals surface area contributed by atoms with Gasteiger partial charge in [-0.15, -0.1) is 0 Å². The van der Waals surface area contributed by atoms with Crippen molar-refractivity contribution in [2.75, 3.05) is 27.8 Å². The van der Waals surface area contributed by atoms with Gasteiger partial charge in [0.1, 0.15) is 0 Å². The smallest absolute Gasteiger partial charge is 0.0832 e. The highest BCUT2D eigenvalue weighted by Crippen LogP contribution is 1.70. The molecule has 0 bridgehead atoms. The molecule has 3 heteroatoms. The first-order valence-electron chi connectivity index (χ1n) is 2.46. The normalized spacial score (nSPS) is 10.4. The second-order valence-electron chi connectivity index (χ2n) is 1.60. The lowest BCUT2D eigenvalue weighted by Gasteiger charge is -2.00. The van der Waals surface area contributed by atoms with Gasteiger partial charge >= 0.3 is 0 Å². The molecule has 0 atom stereocenters. The third-order valence-electron chi connectivity index (χ3n) is 0.554. The molecule has 0 N–H and O–H groups in total. The minimum absolute atomic E-state index is 0.582. The number of hydrogen-bond acceptors (Lipinski definition) is 3. The van der Waals surface area contributed by atoms with Crippen molar-refractivity contribution in [3.63, 3.8) is 0 Å². The Bertz CT molecular complexity index is 70.8. The highest BCUT2D eigenvalue weighted by molar-refractivity contribution is 5.57. The van der Waals surface area contributed by atoms with Crippen LogP contribution in [0.1, 0.15) is 0 Å². The molecular weight excluding hydrogens is 104 g/mol. The van der Waals surface area contributed by atoms with Gasteiger partial charge in [-0.3, -0.25) is 0 Å². The summed E-state index contributed by atoms with van der Waals surface area (Å²) in [7, 11) is 5.38. The molecule has 0 radical (unpaired) electrons. The summed E-state index contributed by atoms with van der Waals surface area (Å²) in [5, 5.41) is 5.62. The zero-order chi connectivity index (χ0) is 6.41. The molecule has 8 heavy (non-hydrogen) atoms. The molecule has 0 saturated heterocycles. The molecule has 0 heterocycles. The molecule has 0 aliphatic rings.